The van der Waals surface area contributed by atoms with Crippen molar-refractivity contribution < 1.29 is 20.1 Å². The maximum Gasteiger partial charge on any atom is 0.329 e. The molecule has 0 bridgehead atoms. The van der Waals surface area contributed by atoms with Gasteiger partial charge in [-0.15, -0.1) is 0 Å². The molecule has 1 fully saturated rings. The van der Waals surface area contributed by atoms with Crippen LogP contribution in [0.3, 0.4) is 0 Å². The fourth-order valence-electron chi connectivity index (χ4n) is 2.42. The molecule has 20 heavy (non-hydrogen) atoms. The van der Waals surface area contributed by atoms with Crippen molar-refractivity contribution in [1.29, 1.82) is 0 Å². The summed E-state index contributed by atoms with van der Waals surface area (Å²) in [6.07, 6.45) is -3.04. The Bertz CT molecular complexity index is 750. The number of aliphatic hydroxyl groups excluding tert-OH is 3. The molecule has 4 atom stereocenters. The van der Waals surface area contributed by atoms with Gasteiger partial charge in [0.15, 0.2) is 6.23 Å². The normalized spacial score (nSPS) is 30.1. The molecule has 0 aliphatic carbocycles. The molecule has 3 heterocycles. The van der Waals surface area contributed by atoms with Crippen molar-refractivity contribution in [2.75, 3.05) is 6.61 Å². The average Bonchev–Trinajstić information content (AvgIpc) is 2.99. The zero-order valence-electron chi connectivity index (χ0n) is 10.2. The standard InChI is InChI=1S/C11H13N3O5S/c15-3-5-7(16)8(17)10(19-5)14-4-1-2-12-6(4)9(20)13-11(14)18/h1-2,5,7-8,10,12,15-17H,3H2,(H,13,18,20)/t5-,7-,8-,10-/m1/s1. The van der Waals surface area contributed by atoms with Crippen LogP contribution in [0.2, 0.25) is 0 Å². The van der Waals surface area contributed by atoms with Crippen LogP contribution in [0, 0.1) is 4.64 Å². The second kappa shape index (κ2) is 4.79. The van der Waals surface area contributed by atoms with Gasteiger partial charge in [0.05, 0.1) is 17.6 Å². The third-order valence-corrected chi connectivity index (χ3v) is 3.73. The largest absolute Gasteiger partial charge is 0.394 e. The number of nitrogens with one attached hydrogen (secondary N) is 2. The Morgan fingerprint density at radius 1 is 1.40 bits per heavy atom. The highest BCUT2D eigenvalue weighted by Crippen LogP contribution is 2.30. The first-order chi connectivity index (χ1) is 9.54. The molecule has 1 aliphatic rings. The van der Waals surface area contributed by atoms with E-state index in [0.717, 1.165) is 0 Å². The molecule has 0 amide bonds. The number of aliphatic hydroxyl groups is 3. The molecule has 1 aliphatic heterocycles. The van der Waals surface area contributed by atoms with Gasteiger partial charge in [-0.1, -0.05) is 12.2 Å². The molecule has 0 radical (unpaired) electrons. The van der Waals surface area contributed by atoms with Gasteiger partial charge in [-0.05, 0) is 6.07 Å². The summed E-state index contributed by atoms with van der Waals surface area (Å²) in [6, 6.07) is 1.62. The SMILES string of the molecule is O=c1[nH]c(=S)c2[nH]ccc2n1[C@@H]1O[C@H](CO)[C@@H](O)[C@H]1O. The van der Waals surface area contributed by atoms with Crippen LogP contribution in [0.4, 0.5) is 0 Å². The molecule has 9 heteroatoms. The molecule has 0 saturated carbocycles. The van der Waals surface area contributed by atoms with E-state index < -0.39 is 36.8 Å². The van der Waals surface area contributed by atoms with Crippen LogP contribution in [0.5, 0.6) is 0 Å². The number of ether oxygens (including phenoxy) is 1. The maximum absolute atomic E-state index is 12.1. The third-order valence-electron chi connectivity index (χ3n) is 3.42. The van der Waals surface area contributed by atoms with Crippen molar-refractivity contribution in [3.05, 3.63) is 27.4 Å². The summed E-state index contributed by atoms with van der Waals surface area (Å²) < 4.78 is 6.78. The van der Waals surface area contributed by atoms with Crippen molar-refractivity contribution in [3.8, 4) is 0 Å². The maximum atomic E-state index is 12.1. The van der Waals surface area contributed by atoms with Gasteiger partial charge in [0.1, 0.15) is 23.0 Å². The molecule has 5 N–H and O–H groups in total. The van der Waals surface area contributed by atoms with E-state index in [4.69, 9.17) is 22.1 Å². The summed E-state index contributed by atoms with van der Waals surface area (Å²) in [5, 5.41) is 28.9. The van der Waals surface area contributed by atoms with Crippen LogP contribution in [-0.2, 0) is 4.74 Å². The van der Waals surface area contributed by atoms with E-state index in [1.807, 2.05) is 0 Å². The first-order valence-electron chi connectivity index (χ1n) is 5.99. The van der Waals surface area contributed by atoms with E-state index in [1.54, 1.807) is 12.3 Å². The van der Waals surface area contributed by atoms with Crippen LogP contribution < -0.4 is 5.69 Å². The topological polar surface area (TPSA) is 124 Å². The summed E-state index contributed by atoms with van der Waals surface area (Å²) in [5.41, 5.74) is 0.419. The van der Waals surface area contributed by atoms with Crippen molar-refractivity contribution in [2.24, 2.45) is 0 Å². The van der Waals surface area contributed by atoms with Crippen molar-refractivity contribution >= 4 is 23.3 Å². The minimum atomic E-state index is -1.33. The molecule has 0 unspecified atom stereocenters. The minimum Gasteiger partial charge on any atom is -0.394 e. The summed E-state index contributed by atoms with van der Waals surface area (Å²) in [4.78, 5) is 17.4. The summed E-state index contributed by atoms with van der Waals surface area (Å²) in [5.74, 6) is 0. The predicted molar refractivity (Wildman–Crippen MR) is 70.8 cm³/mol. The Morgan fingerprint density at radius 3 is 2.80 bits per heavy atom. The molecule has 0 aromatic carbocycles. The monoisotopic (exact) mass is 299 g/mol. The number of hydrogen-bond donors (Lipinski definition) is 5. The molecular weight excluding hydrogens is 286 g/mol. The molecule has 108 valence electrons. The molecule has 2 aromatic heterocycles. The number of aromatic amines is 2. The molecule has 3 rings (SSSR count). The second-order valence-electron chi connectivity index (χ2n) is 4.60. The predicted octanol–water partition coefficient (Wildman–Crippen LogP) is -1.00. The first kappa shape index (κ1) is 13.5. The number of fused-ring (bicyclic) bond motifs is 1. The number of nitrogens with zero attached hydrogens (tertiary/aromatic N) is 1. The van der Waals surface area contributed by atoms with E-state index in [9.17, 15) is 15.0 Å². The summed E-state index contributed by atoms with van der Waals surface area (Å²) >= 11 is 5.04. The minimum absolute atomic E-state index is 0.248. The Balaban J connectivity index is 2.18. The van der Waals surface area contributed by atoms with Crippen LogP contribution >= 0.6 is 12.2 Å². The first-order valence-corrected chi connectivity index (χ1v) is 6.39. The number of rotatable bonds is 2. The van der Waals surface area contributed by atoms with Gasteiger partial charge in [-0.2, -0.15) is 0 Å². The van der Waals surface area contributed by atoms with Gasteiger partial charge < -0.3 is 25.0 Å². The molecule has 0 spiro atoms. The molecular formula is C11H13N3O5S. The van der Waals surface area contributed by atoms with Crippen molar-refractivity contribution in [1.82, 2.24) is 14.5 Å². The van der Waals surface area contributed by atoms with Gasteiger partial charge in [0, 0.05) is 6.20 Å². The highest BCUT2D eigenvalue weighted by Gasteiger charge is 2.44. The van der Waals surface area contributed by atoms with Crippen LogP contribution in [0.25, 0.3) is 11.0 Å². The molecule has 2 aromatic rings. The van der Waals surface area contributed by atoms with E-state index >= 15 is 0 Å². The van der Waals surface area contributed by atoms with Gasteiger partial charge in [0.2, 0.25) is 0 Å². The number of H-pyrrole nitrogens is 2. The van der Waals surface area contributed by atoms with Gasteiger partial charge in [0.25, 0.3) is 0 Å². The summed E-state index contributed by atoms with van der Waals surface area (Å²) in [7, 11) is 0. The van der Waals surface area contributed by atoms with Gasteiger partial charge in [-0.3, -0.25) is 9.55 Å². The third kappa shape index (κ3) is 1.83. The Labute approximate surface area is 117 Å². The Morgan fingerprint density at radius 2 is 2.15 bits per heavy atom. The summed E-state index contributed by atoms with van der Waals surface area (Å²) in [6.45, 7) is -0.456. The smallest absolute Gasteiger partial charge is 0.329 e. The van der Waals surface area contributed by atoms with E-state index in [-0.39, 0.29) is 4.64 Å². The second-order valence-corrected chi connectivity index (χ2v) is 5.00. The Kier molecular flexibility index (Phi) is 3.22. The number of hydrogen-bond acceptors (Lipinski definition) is 6. The highest BCUT2D eigenvalue weighted by molar-refractivity contribution is 7.71. The van der Waals surface area contributed by atoms with Gasteiger partial charge >= 0.3 is 5.69 Å². The zero-order chi connectivity index (χ0) is 14.4. The quantitative estimate of drug-likeness (QED) is 0.453. The zero-order valence-corrected chi connectivity index (χ0v) is 11.0. The van der Waals surface area contributed by atoms with E-state index in [2.05, 4.69) is 9.97 Å². The lowest BCUT2D eigenvalue weighted by molar-refractivity contribution is -0.0527. The fraction of sp³-hybridized carbons (Fsp3) is 0.455. The Hall–Kier alpha value is -1.52. The van der Waals surface area contributed by atoms with Crippen LogP contribution in [0.15, 0.2) is 17.1 Å². The lowest BCUT2D eigenvalue weighted by Crippen LogP contribution is -2.36. The van der Waals surface area contributed by atoms with E-state index in [1.165, 1.54) is 4.57 Å². The fourth-order valence-corrected chi connectivity index (χ4v) is 2.67. The molecule has 1 saturated heterocycles. The van der Waals surface area contributed by atoms with Crippen molar-refractivity contribution in [3.63, 3.8) is 0 Å². The number of aromatic nitrogens is 3. The van der Waals surface area contributed by atoms with Crippen molar-refractivity contribution in [2.45, 2.75) is 24.5 Å². The van der Waals surface area contributed by atoms with Crippen LogP contribution in [0.1, 0.15) is 6.23 Å². The molecule has 8 nitrogen and oxygen atoms in total. The van der Waals surface area contributed by atoms with E-state index in [0.29, 0.717) is 11.0 Å². The van der Waals surface area contributed by atoms with Gasteiger partial charge in [-0.25, -0.2) is 4.79 Å². The average molecular weight is 299 g/mol. The lowest BCUT2D eigenvalue weighted by atomic mass is 10.1. The van der Waals surface area contributed by atoms with Crippen LogP contribution in [-0.4, -0.2) is 54.8 Å². The lowest BCUT2D eigenvalue weighted by Gasteiger charge is -2.18. The highest BCUT2D eigenvalue weighted by atomic mass is 32.1.